The summed E-state index contributed by atoms with van der Waals surface area (Å²) in [4.78, 5) is 25.4. The number of Topliss-reactive ketones (excluding diaryl/α,β-unsaturated/α-hetero) is 1. The van der Waals surface area contributed by atoms with Gasteiger partial charge in [-0.2, -0.15) is 0 Å². The summed E-state index contributed by atoms with van der Waals surface area (Å²) < 4.78 is 0. The summed E-state index contributed by atoms with van der Waals surface area (Å²) in [7, 11) is 0. The molecule has 0 radical (unpaired) electrons. The maximum atomic E-state index is 13.1. The van der Waals surface area contributed by atoms with Gasteiger partial charge in [-0.15, -0.1) is 0 Å². The van der Waals surface area contributed by atoms with E-state index < -0.39 is 5.41 Å². The number of para-hydroxylation sites is 1. The molecule has 2 aromatic carbocycles. The van der Waals surface area contributed by atoms with Gasteiger partial charge in [-0.3, -0.25) is 9.59 Å². The predicted octanol–water partition coefficient (Wildman–Crippen LogP) is 3.66. The van der Waals surface area contributed by atoms with Gasteiger partial charge in [0.2, 0.25) is 5.91 Å². The highest BCUT2D eigenvalue weighted by Crippen LogP contribution is 2.56. The zero-order chi connectivity index (χ0) is 16.0. The van der Waals surface area contributed by atoms with E-state index in [0.29, 0.717) is 12.8 Å². The van der Waals surface area contributed by atoms with E-state index in [1.165, 1.54) is 0 Å². The number of amides is 1. The fourth-order valence-corrected chi connectivity index (χ4v) is 4.52. The summed E-state index contributed by atoms with van der Waals surface area (Å²) in [6.07, 6.45) is 0.890. The average molecular weight is 305 g/mol. The lowest BCUT2D eigenvalue weighted by molar-refractivity contribution is -0.130. The van der Waals surface area contributed by atoms with Crippen molar-refractivity contribution in [3.05, 3.63) is 65.7 Å². The number of fused-ring (bicyclic) bond motifs is 2. The minimum Gasteiger partial charge on any atom is -0.325 e. The fourth-order valence-electron chi connectivity index (χ4n) is 4.52. The first-order valence-electron chi connectivity index (χ1n) is 8.11. The molecule has 3 heteroatoms. The molecule has 2 aliphatic rings. The summed E-state index contributed by atoms with van der Waals surface area (Å²) in [5.74, 6) is 0.155. The number of anilines is 1. The Balaban J connectivity index is 1.96. The van der Waals surface area contributed by atoms with E-state index in [1.807, 2.05) is 61.5 Å². The van der Waals surface area contributed by atoms with Crippen LogP contribution in [0.2, 0.25) is 0 Å². The van der Waals surface area contributed by atoms with Gasteiger partial charge in [-0.1, -0.05) is 55.5 Å². The van der Waals surface area contributed by atoms with Crippen LogP contribution >= 0.6 is 0 Å². The lowest BCUT2D eigenvalue weighted by Crippen LogP contribution is -2.50. The van der Waals surface area contributed by atoms with Gasteiger partial charge < -0.3 is 5.32 Å². The Morgan fingerprint density at radius 2 is 1.65 bits per heavy atom. The molecule has 0 bridgehead atoms. The number of carbonyl (C=O) groups is 2. The third-order valence-corrected chi connectivity index (χ3v) is 5.49. The van der Waals surface area contributed by atoms with Crippen LogP contribution in [0.15, 0.2) is 54.6 Å². The van der Waals surface area contributed by atoms with Crippen molar-refractivity contribution in [2.45, 2.75) is 31.1 Å². The molecule has 1 fully saturated rings. The number of ketones is 1. The van der Waals surface area contributed by atoms with Crippen LogP contribution in [0, 0.1) is 5.92 Å². The first-order chi connectivity index (χ1) is 11.1. The van der Waals surface area contributed by atoms with Gasteiger partial charge in [0.15, 0.2) is 0 Å². The third-order valence-electron chi connectivity index (χ3n) is 5.49. The summed E-state index contributed by atoms with van der Waals surface area (Å²) in [6, 6.07) is 17.9. The lowest BCUT2D eigenvalue weighted by Gasteiger charge is -2.44. The Hall–Kier alpha value is -2.42. The number of rotatable bonds is 1. The van der Waals surface area contributed by atoms with Crippen LogP contribution in [0.3, 0.4) is 0 Å². The van der Waals surface area contributed by atoms with Crippen LogP contribution < -0.4 is 5.32 Å². The second-order valence-corrected chi connectivity index (χ2v) is 6.68. The number of hydrogen-bond acceptors (Lipinski definition) is 2. The average Bonchev–Trinajstić information content (AvgIpc) is 2.85. The van der Waals surface area contributed by atoms with Crippen molar-refractivity contribution in [2.24, 2.45) is 5.92 Å². The lowest BCUT2D eigenvalue weighted by atomic mass is 9.56. The van der Waals surface area contributed by atoms with Gasteiger partial charge >= 0.3 is 0 Å². The van der Waals surface area contributed by atoms with E-state index in [4.69, 9.17) is 0 Å². The SMILES string of the molecule is C[C@H]1CC(=O)C[C@H](c2ccccc2)C12C(=O)Nc1ccccc12. The minimum atomic E-state index is -0.647. The highest BCUT2D eigenvalue weighted by Gasteiger charge is 2.58. The predicted molar refractivity (Wildman–Crippen MR) is 89.3 cm³/mol. The van der Waals surface area contributed by atoms with Gasteiger partial charge in [0.05, 0.1) is 5.41 Å². The van der Waals surface area contributed by atoms with Crippen molar-refractivity contribution in [1.82, 2.24) is 0 Å². The first kappa shape index (κ1) is 14.2. The van der Waals surface area contributed by atoms with Gasteiger partial charge in [0.1, 0.15) is 5.78 Å². The summed E-state index contributed by atoms with van der Waals surface area (Å²) in [5.41, 5.74) is 2.35. The van der Waals surface area contributed by atoms with E-state index in [0.717, 1.165) is 16.8 Å². The van der Waals surface area contributed by atoms with Gasteiger partial charge in [-0.05, 0) is 23.1 Å². The van der Waals surface area contributed by atoms with E-state index >= 15 is 0 Å². The molecule has 1 spiro atoms. The minimum absolute atomic E-state index is 0.0161. The van der Waals surface area contributed by atoms with Crippen molar-refractivity contribution in [3.63, 3.8) is 0 Å². The number of carbonyl (C=O) groups excluding carboxylic acids is 2. The van der Waals surface area contributed by atoms with Crippen molar-refractivity contribution in [3.8, 4) is 0 Å². The Bertz CT molecular complexity index is 783. The molecule has 0 saturated heterocycles. The van der Waals surface area contributed by atoms with E-state index in [-0.39, 0.29) is 23.5 Å². The van der Waals surface area contributed by atoms with Crippen molar-refractivity contribution >= 4 is 17.4 Å². The largest absolute Gasteiger partial charge is 0.325 e. The molecular formula is C20H19NO2. The number of benzene rings is 2. The van der Waals surface area contributed by atoms with Gasteiger partial charge in [0, 0.05) is 24.4 Å². The van der Waals surface area contributed by atoms with Crippen molar-refractivity contribution < 1.29 is 9.59 Å². The second kappa shape index (κ2) is 5.05. The monoisotopic (exact) mass is 305 g/mol. The molecule has 1 heterocycles. The Kier molecular flexibility index (Phi) is 3.12. The molecule has 1 unspecified atom stereocenters. The Morgan fingerprint density at radius 3 is 2.43 bits per heavy atom. The molecule has 2 aromatic rings. The highest BCUT2D eigenvalue weighted by molar-refractivity contribution is 6.08. The van der Waals surface area contributed by atoms with E-state index in [1.54, 1.807) is 0 Å². The molecule has 0 aromatic heterocycles. The van der Waals surface area contributed by atoms with Crippen LogP contribution in [-0.4, -0.2) is 11.7 Å². The maximum absolute atomic E-state index is 13.1. The molecule has 23 heavy (non-hydrogen) atoms. The Morgan fingerprint density at radius 1 is 0.957 bits per heavy atom. The topological polar surface area (TPSA) is 46.2 Å². The number of nitrogens with one attached hydrogen (secondary N) is 1. The fraction of sp³-hybridized carbons (Fsp3) is 0.300. The van der Waals surface area contributed by atoms with Gasteiger partial charge in [0.25, 0.3) is 0 Å². The maximum Gasteiger partial charge on any atom is 0.236 e. The van der Waals surface area contributed by atoms with E-state index in [9.17, 15) is 9.59 Å². The molecule has 116 valence electrons. The smallest absolute Gasteiger partial charge is 0.236 e. The van der Waals surface area contributed by atoms with Crippen LogP contribution in [0.4, 0.5) is 5.69 Å². The van der Waals surface area contributed by atoms with Crippen LogP contribution in [0.5, 0.6) is 0 Å². The molecule has 1 amide bonds. The summed E-state index contributed by atoms with van der Waals surface area (Å²) in [5, 5.41) is 3.05. The quantitative estimate of drug-likeness (QED) is 0.874. The zero-order valence-corrected chi connectivity index (χ0v) is 13.1. The molecule has 1 N–H and O–H groups in total. The van der Waals surface area contributed by atoms with Crippen LogP contribution in [-0.2, 0) is 15.0 Å². The third kappa shape index (κ3) is 1.89. The summed E-state index contributed by atoms with van der Waals surface area (Å²) >= 11 is 0. The standard InChI is InChI=1S/C20H19NO2/c1-13-11-15(22)12-17(14-7-3-2-4-8-14)20(13)16-9-5-6-10-18(16)21-19(20)23/h2-10,13,17H,11-12H2,1H3,(H,21,23)/t13-,17+,20?/m0/s1. The number of hydrogen-bond donors (Lipinski definition) is 1. The van der Waals surface area contributed by atoms with Crippen LogP contribution in [0.1, 0.15) is 36.8 Å². The highest BCUT2D eigenvalue weighted by atomic mass is 16.2. The molecule has 1 aliphatic carbocycles. The molecular weight excluding hydrogens is 286 g/mol. The zero-order valence-electron chi connectivity index (χ0n) is 13.1. The molecule has 1 saturated carbocycles. The molecule has 3 nitrogen and oxygen atoms in total. The molecule has 3 atom stereocenters. The van der Waals surface area contributed by atoms with Crippen molar-refractivity contribution in [1.29, 1.82) is 0 Å². The van der Waals surface area contributed by atoms with Gasteiger partial charge in [-0.25, -0.2) is 0 Å². The second-order valence-electron chi connectivity index (χ2n) is 6.68. The molecule has 1 aliphatic heterocycles. The van der Waals surface area contributed by atoms with Crippen molar-refractivity contribution in [2.75, 3.05) is 5.32 Å². The summed E-state index contributed by atoms with van der Waals surface area (Å²) in [6.45, 7) is 2.04. The van der Waals surface area contributed by atoms with Crippen LogP contribution in [0.25, 0.3) is 0 Å². The Labute approximate surface area is 135 Å². The molecule has 4 rings (SSSR count). The normalized spacial score (nSPS) is 29.4. The first-order valence-corrected chi connectivity index (χ1v) is 8.11. The van der Waals surface area contributed by atoms with E-state index in [2.05, 4.69) is 5.32 Å².